The molecule has 98 valence electrons. The van der Waals surface area contributed by atoms with E-state index in [0.717, 1.165) is 44.9 Å². The second-order valence-corrected chi connectivity index (χ2v) is 4.98. The molecule has 4 heteroatoms. The van der Waals surface area contributed by atoms with Crippen molar-refractivity contribution in [3.05, 3.63) is 23.5 Å². The van der Waals surface area contributed by atoms with Crippen LogP contribution in [-0.2, 0) is 17.6 Å². The SMILES string of the molecule is COc1ccnc2c1CC(N1CCOCC1)CC2. The van der Waals surface area contributed by atoms with Gasteiger partial charge in [-0.05, 0) is 25.3 Å². The lowest BCUT2D eigenvalue weighted by Crippen LogP contribution is -2.46. The van der Waals surface area contributed by atoms with Crippen LogP contribution in [0.2, 0.25) is 0 Å². The van der Waals surface area contributed by atoms with Crippen molar-refractivity contribution < 1.29 is 9.47 Å². The third-order valence-electron chi connectivity index (χ3n) is 4.04. The largest absolute Gasteiger partial charge is 0.496 e. The summed E-state index contributed by atoms with van der Waals surface area (Å²) in [6.07, 6.45) is 5.18. The van der Waals surface area contributed by atoms with Gasteiger partial charge in [0.2, 0.25) is 0 Å². The van der Waals surface area contributed by atoms with Crippen molar-refractivity contribution in [3.8, 4) is 5.75 Å². The van der Waals surface area contributed by atoms with E-state index < -0.39 is 0 Å². The van der Waals surface area contributed by atoms with Gasteiger partial charge in [-0.15, -0.1) is 0 Å². The van der Waals surface area contributed by atoms with Crippen LogP contribution in [0.4, 0.5) is 0 Å². The Hall–Kier alpha value is -1.13. The molecule has 0 amide bonds. The molecule has 0 bridgehead atoms. The maximum Gasteiger partial charge on any atom is 0.125 e. The quantitative estimate of drug-likeness (QED) is 0.789. The maximum absolute atomic E-state index is 5.47. The molecule has 18 heavy (non-hydrogen) atoms. The summed E-state index contributed by atoms with van der Waals surface area (Å²) in [6, 6.07) is 2.60. The number of hydrogen-bond acceptors (Lipinski definition) is 4. The number of ether oxygens (including phenoxy) is 2. The Balaban J connectivity index is 1.79. The van der Waals surface area contributed by atoms with Crippen LogP contribution in [0.3, 0.4) is 0 Å². The van der Waals surface area contributed by atoms with E-state index >= 15 is 0 Å². The highest BCUT2D eigenvalue weighted by Gasteiger charge is 2.27. The Morgan fingerprint density at radius 1 is 1.39 bits per heavy atom. The van der Waals surface area contributed by atoms with Gasteiger partial charge in [0.25, 0.3) is 0 Å². The zero-order valence-electron chi connectivity index (χ0n) is 10.9. The first-order valence-corrected chi connectivity index (χ1v) is 6.71. The Morgan fingerprint density at radius 3 is 3.00 bits per heavy atom. The Bertz CT molecular complexity index is 402. The van der Waals surface area contributed by atoms with Crippen molar-refractivity contribution in [2.24, 2.45) is 0 Å². The molecule has 0 aromatic carbocycles. The lowest BCUT2D eigenvalue weighted by Gasteiger charge is -2.37. The Labute approximate surface area is 108 Å². The number of fused-ring (bicyclic) bond motifs is 1. The second-order valence-electron chi connectivity index (χ2n) is 4.98. The standard InChI is InChI=1S/C14H20N2O2/c1-17-14-4-5-15-13-3-2-11(10-12(13)14)16-6-8-18-9-7-16/h4-5,11H,2-3,6-10H2,1H3. The molecule has 0 radical (unpaired) electrons. The molecule has 1 aliphatic heterocycles. The number of aryl methyl sites for hydroxylation is 1. The topological polar surface area (TPSA) is 34.6 Å². The third-order valence-corrected chi connectivity index (χ3v) is 4.04. The average molecular weight is 248 g/mol. The number of hydrogen-bond donors (Lipinski definition) is 0. The van der Waals surface area contributed by atoms with Crippen LogP contribution in [-0.4, -0.2) is 49.3 Å². The zero-order chi connectivity index (χ0) is 12.4. The van der Waals surface area contributed by atoms with Crippen molar-refractivity contribution in [1.82, 2.24) is 9.88 Å². The molecule has 4 nitrogen and oxygen atoms in total. The van der Waals surface area contributed by atoms with E-state index in [2.05, 4.69) is 9.88 Å². The van der Waals surface area contributed by atoms with Crippen LogP contribution in [0.15, 0.2) is 12.3 Å². The first-order chi connectivity index (χ1) is 8.88. The van der Waals surface area contributed by atoms with Crippen molar-refractivity contribution >= 4 is 0 Å². The fraction of sp³-hybridized carbons (Fsp3) is 0.643. The van der Waals surface area contributed by atoms with Crippen LogP contribution < -0.4 is 4.74 Å². The summed E-state index contributed by atoms with van der Waals surface area (Å²) in [6.45, 7) is 3.85. The van der Waals surface area contributed by atoms with Gasteiger partial charge >= 0.3 is 0 Å². The highest BCUT2D eigenvalue weighted by molar-refractivity contribution is 5.38. The van der Waals surface area contributed by atoms with Gasteiger partial charge in [0.15, 0.2) is 0 Å². The Kier molecular flexibility index (Phi) is 3.48. The number of aromatic nitrogens is 1. The van der Waals surface area contributed by atoms with Gasteiger partial charge in [0.1, 0.15) is 5.75 Å². The first kappa shape index (κ1) is 11.9. The monoisotopic (exact) mass is 248 g/mol. The van der Waals surface area contributed by atoms with E-state index in [4.69, 9.17) is 9.47 Å². The molecule has 1 aromatic rings. The van der Waals surface area contributed by atoms with Crippen LogP contribution >= 0.6 is 0 Å². The van der Waals surface area contributed by atoms with Gasteiger partial charge in [-0.2, -0.15) is 0 Å². The van der Waals surface area contributed by atoms with Crippen molar-refractivity contribution in [2.45, 2.75) is 25.3 Å². The summed E-state index contributed by atoms with van der Waals surface area (Å²) in [4.78, 5) is 7.04. The van der Waals surface area contributed by atoms with E-state index in [1.807, 2.05) is 12.3 Å². The number of nitrogens with zero attached hydrogens (tertiary/aromatic N) is 2. The first-order valence-electron chi connectivity index (χ1n) is 6.71. The molecule has 3 rings (SSSR count). The van der Waals surface area contributed by atoms with Gasteiger partial charge in [0.05, 0.1) is 20.3 Å². The molecule has 0 spiro atoms. The molecule has 1 unspecified atom stereocenters. The third kappa shape index (κ3) is 2.22. The molecule has 2 heterocycles. The molecule has 1 aromatic heterocycles. The van der Waals surface area contributed by atoms with Crippen molar-refractivity contribution in [2.75, 3.05) is 33.4 Å². The summed E-state index contributed by atoms with van der Waals surface area (Å²) >= 11 is 0. The summed E-state index contributed by atoms with van der Waals surface area (Å²) in [5.74, 6) is 0.998. The fourth-order valence-electron chi connectivity index (χ4n) is 3.04. The van der Waals surface area contributed by atoms with Crippen LogP contribution in [0.25, 0.3) is 0 Å². The number of methoxy groups -OCH3 is 1. The lowest BCUT2D eigenvalue weighted by atomic mass is 9.90. The number of pyridine rings is 1. The highest BCUT2D eigenvalue weighted by atomic mass is 16.5. The Morgan fingerprint density at radius 2 is 2.22 bits per heavy atom. The van der Waals surface area contributed by atoms with Crippen molar-refractivity contribution in [1.29, 1.82) is 0 Å². The van der Waals surface area contributed by atoms with Crippen LogP contribution in [0, 0.1) is 0 Å². The molecular weight excluding hydrogens is 228 g/mol. The van der Waals surface area contributed by atoms with Crippen LogP contribution in [0.1, 0.15) is 17.7 Å². The predicted molar refractivity (Wildman–Crippen MR) is 69.0 cm³/mol. The van der Waals surface area contributed by atoms with Gasteiger partial charge in [0, 0.05) is 36.6 Å². The maximum atomic E-state index is 5.47. The molecule has 1 atom stereocenters. The minimum atomic E-state index is 0.625. The molecule has 1 saturated heterocycles. The van der Waals surface area contributed by atoms with E-state index in [0.29, 0.717) is 6.04 Å². The minimum Gasteiger partial charge on any atom is -0.496 e. The van der Waals surface area contributed by atoms with E-state index in [9.17, 15) is 0 Å². The molecule has 0 saturated carbocycles. The van der Waals surface area contributed by atoms with E-state index in [-0.39, 0.29) is 0 Å². The summed E-state index contributed by atoms with van der Waals surface area (Å²) in [5.41, 5.74) is 2.53. The normalized spacial score (nSPS) is 24.6. The smallest absolute Gasteiger partial charge is 0.125 e. The summed E-state index contributed by atoms with van der Waals surface area (Å²) in [7, 11) is 1.74. The van der Waals surface area contributed by atoms with E-state index in [1.54, 1.807) is 7.11 Å². The van der Waals surface area contributed by atoms with Crippen molar-refractivity contribution in [3.63, 3.8) is 0 Å². The zero-order valence-corrected chi connectivity index (χ0v) is 10.9. The molecule has 1 aliphatic carbocycles. The average Bonchev–Trinajstić information content (AvgIpc) is 2.47. The fourth-order valence-corrected chi connectivity index (χ4v) is 3.04. The minimum absolute atomic E-state index is 0.625. The van der Waals surface area contributed by atoms with Crippen LogP contribution in [0.5, 0.6) is 5.75 Å². The van der Waals surface area contributed by atoms with Gasteiger partial charge in [-0.25, -0.2) is 0 Å². The second kappa shape index (κ2) is 5.24. The number of morpholine rings is 1. The molecule has 2 aliphatic rings. The summed E-state index contributed by atoms with van der Waals surface area (Å²) < 4.78 is 10.9. The van der Waals surface area contributed by atoms with Gasteiger partial charge in [-0.1, -0.05) is 0 Å². The van der Waals surface area contributed by atoms with E-state index in [1.165, 1.54) is 17.7 Å². The predicted octanol–water partition coefficient (Wildman–Crippen LogP) is 1.28. The molecule has 1 fully saturated rings. The summed E-state index contributed by atoms with van der Waals surface area (Å²) in [5, 5.41) is 0. The lowest BCUT2D eigenvalue weighted by molar-refractivity contribution is 0.0135. The van der Waals surface area contributed by atoms with Gasteiger partial charge < -0.3 is 9.47 Å². The van der Waals surface area contributed by atoms with Gasteiger partial charge in [-0.3, -0.25) is 9.88 Å². The molecular formula is C14H20N2O2. The highest BCUT2D eigenvalue weighted by Crippen LogP contribution is 2.30. The number of rotatable bonds is 2. The molecule has 0 N–H and O–H groups in total.